The van der Waals surface area contributed by atoms with Crippen LogP contribution in [0, 0.1) is 11.3 Å². The van der Waals surface area contributed by atoms with Crippen molar-refractivity contribution < 1.29 is 9.47 Å². The molecule has 0 aromatic carbocycles. The van der Waals surface area contributed by atoms with Gasteiger partial charge in [-0.3, -0.25) is 0 Å². The van der Waals surface area contributed by atoms with Gasteiger partial charge in [0.1, 0.15) is 0 Å². The molecular weight excluding hydrogens is 238 g/mol. The lowest BCUT2D eigenvalue weighted by molar-refractivity contribution is -0.0935. The van der Waals surface area contributed by atoms with E-state index in [1.54, 1.807) is 5.57 Å². The van der Waals surface area contributed by atoms with Gasteiger partial charge < -0.3 is 15.2 Å². The first-order chi connectivity index (χ1) is 8.98. The minimum Gasteiger partial charge on any atom is -0.378 e. The van der Waals surface area contributed by atoms with Crippen molar-refractivity contribution in [3.8, 4) is 0 Å². The lowest BCUT2D eigenvalue weighted by atomic mass is 9.69. The molecule has 0 saturated carbocycles. The third-order valence-electron chi connectivity index (χ3n) is 4.98. The fourth-order valence-corrected chi connectivity index (χ4v) is 4.14. The second-order valence-electron chi connectivity index (χ2n) is 7.47. The molecule has 3 aliphatic rings. The first-order valence-corrected chi connectivity index (χ1v) is 7.66. The molecule has 2 aliphatic heterocycles. The van der Waals surface area contributed by atoms with Crippen LogP contribution in [-0.4, -0.2) is 31.5 Å². The number of rotatable bonds is 1. The standard InChI is InChI=1S/C16H27NO2/c1-15(2)8-13(7-14(17)10-15)12-3-5-19-16(9-12)4-6-18-11-16/h7,12,14H,3-6,8-11,17H2,1-2H3. The van der Waals surface area contributed by atoms with Crippen molar-refractivity contribution in [3.05, 3.63) is 11.6 Å². The minimum atomic E-state index is 0.00937. The first kappa shape index (κ1) is 13.6. The molecule has 3 heteroatoms. The quantitative estimate of drug-likeness (QED) is 0.741. The topological polar surface area (TPSA) is 44.5 Å². The Balaban J connectivity index is 1.74. The van der Waals surface area contributed by atoms with Crippen LogP contribution in [0.4, 0.5) is 0 Å². The van der Waals surface area contributed by atoms with Crippen molar-refractivity contribution in [1.82, 2.24) is 0 Å². The van der Waals surface area contributed by atoms with E-state index in [0.717, 1.165) is 45.5 Å². The van der Waals surface area contributed by atoms with Gasteiger partial charge in [-0.15, -0.1) is 0 Å². The van der Waals surface area contributed by atoms with Gasteiger partial charge >= 0.3 is 0 Å². The largest absolute Gasteiger partial charge is 0.378 e. The van der Waals surface area contributed by atoms with Crippen molar-refractivity contribution in [1.29, 1.82) is 0 Å². The second-order valence-corrected chi connectivity index (χ2v) is 7.47. The number of hydrogen-bond donors (Lipinski definition) is 1. The van der Waals surface area contributed by atoms with E-state index >= 15 is 0 Å². The average molecular weight is 265 g/mol. The van der Waals surface area contributed by atoms with Crippen molar-refractivity contribution in [2.75, 3.05) is 19.8 Å². The Hall–Kier alpha value is -0.380. The molecule has 0 radical (unpaired) electrons. The van der Waals surface area contributed by atoms with Crippen LogP contribution in [0.1, 0.15) is 46.0 Å². The molecule has 0 bridgehead atoms. The van der Waals surface area contributed by atoms with Gasteiger partial charge in [0.05, 0.1) is 12.2 Å². The molecule has 1 spiro atoms. The highest BCUT2D eigenvalue weighted by Gasteiger charge is 2.43. The Bertz CT molecular complexity index is 369. The summed E-state index contributed by atoms with van der Waals surface area (Å²) in [4.78, 5) is 0. The zero-order valence-electron chi connectivity index (χ0n) is 12.3. The Kier molecular flexibility index (Phi) is 3.48. The number of ether oxygens (including phenoxy) is 2. The van der Waals surface area contributed by atoms with Crippen molar-refractivity contribution >= 4 is 0 Å². The number of hydrogen-bond acceptors (Lipinski definition) is 3. The maximum atomic E-state index is 6.22. The van der Waals surface area contributed by atoms with E-state index in [0.29, 0.717) is 11.3 Å². The molecule has 2 N–H and O–H groups in total. The lowest BCUT2D eigenvalue weighted by Crippen LogP contribution is -2.42. The van der Waals surface area contributed by atoms with E-state index in [-0.39, 0.29) is 11.6 Å². The van der Waals surface area contributed by atoms with Crippen LogP contribution in [0.25, 0.3) is 0 Å². The third kappa shape index (κ3) is 2.88. The molecule has 2 heterocycles. The van der Waals surface area contributed by atoms with Gasteiger partial charge in [0.15, 0.2) is 0 Å². The molecule has 2 fully saturated rings. The monoisotopic (exact) mass is 265 g/mol. The summed E-state index contributed by atoms with van der Waals surface area (Å²) >= 11 is 0. The molecule has 3 atom stereocenters. The van der Waals surface area contributed by atoms with E-state index in [9.17, 15) is 0 Å². The molecule has 0 aromatic rings. The molecule has 3 rings (SSSR count). The Morgan fingerprint density at radius 3 is 2.79 bits per heavy atom. The zero-order chi connectivity index (χ0) is 13.5. The third-order valence-corrected chi connectivity index (χ3v) is 4.98. The van der Waals surface area contributed by atoms with E-state index in [1.807, 2.05) is 0 Å². The maximum absolute atomic E-state index is 6.22. The Labute approximate surface area is 116 Å². The van der Waals surface area contributed by atoms with E-state index in [2.05, 4.69) is 19.9 Å². The predicted octanol–water partition coefficient (Wildman–Crippen LogP) is 2.65. The van der Waals surface area contributed by atoms with Crippen LogP contribution in [0.15, 0.2) is 11.6 Å². The summed E-state index contributed by atoms with van der Waals surface area (Å²) in [5.41, 5.74) is 8.16. The molecule has 0 aromatic heterocycles. The molecule has 108 valence electrons. The molecule has 19 heavy (non-hydrogen) atoms. The normalized spacial score (nSPS) is 42.4. The smallest absolute Gasteiger partial charge is 0.0942 e. The molecule has 2 saturated heterocycles. The van der Waals surface area contributed by atoms with Crippen LogP contribution < -0.4 is 5.73 Å². The van der Waals surface area contributed by atoms with Gasteiger partial charge in [-0.1, -0.05) is 25.5 Å². The fraction of sp³-hybridized carbons (Fsp3) is 0.875. The van der Waals surface area contributed by atoms with Gasteiger partial charge in [0.25, 0.3) is 0 Å². The Morgan fingerprint density at radius 1 is 1.26 bits per heavy atom. The van der Waals surface area contributed by atoms with Gasteiger partial charge in [-0.2, -0.15) is 0 Å². The number of allylic oxidation sites excluding steroid dienone is 1. The molecular formula is C16H27NO2. The summed E-state index contributed by atoms with van der Waals surface area (Å²) < 4.78 is 11.6. The highest BCUT2D eigenvalue weighted by molar-refractivity contribution is 5.18. The maximum Gasteiger partial charge on any atom is 0.0942 e. The highest BCUT2D eigenvalue weighted by atomic mass is 16.6. The summed E-state index contributed by atoms with van der Waals surface area (Å²) in [6.45, 7) is 7.20. The van der Waals surface area contributed by atoms with Crippen molar-refractivity contribution in [2.24, 2.45) is 17.1 Å². The first-order valence-electron chi connectivity index (χ1n) is 7.66. The fourth-order valence-electron chi connectivity index (χ4n) is 4.14. The SMILES string of the molecule is CC1(C)CC(C2CCOC3(CCOC3)C2)=CC(N)C1. The van der Waals surface area contributed by atoms with Gasteiger partial charge in [0.2, 0.25) is 0 Å². The van der Waals surface area contributed by atoms with Crippen molar-refractivity contribution in [2.45, 2.75) is 57.6 Å². The Morgan fingerprint density at radius 2 is 2.11 bits per heavy atom. The van der Waals surface area contributed by atoms with Crippen LogP contribution in [0.2, 0.25) is 0 Å². The second kappa shape index (κ2) is 4.87. The summed E-state index contributed by atoms with van der Waals surface area (Å²) in [5, 5.41) is 0. The molecule has 3 nitrogen and oxygen atoms in total. The molecule has 1 aliphatic carbocycles. The highest BCUT2D eigenvalue weighted by Crippen LogP contribution is 2.44. The van der Waals surface area contributed by atoms with Crippen LogP contribution >= 0.6 is 0 Å². The van der Waals surface area contributed by atoms with Gasteiger partial charge in [-0.25, -0.2) is 0 Å². The summed E-state index contributed by atoms with van der Waals surface area (Å²) in [5.74, 6) is 0.654. The van der Waals surface area contributed by atoms with Gasteiger partial charge in [0, 0.05) is 25.7 Å². The summed E-state index contributed by atoms with van der Waals surface area (Å²) in [6.07, 6.45) is 7.98. The lowest BCUT2D eigenvalue weighted by Gasteiger charge is -2.42. The zero-order valence-corrected chi connectivity index (χ0v) is 12.3. The van der Waals surface area contributed by atoms with Gasteiger partial charge in [-0.05, 0) is 37.0 Å². The van der Waals surface area contributed by atoms with Crippen LogP contribution in [0.3, 0.4) is 0 Å². The average Bonchev–Trinajstić information content (AvgIpc) is 2.75. The summed E-state index contributed by atoms with van der Waals surface area (Å²) in [7, 11) is 0. The minimum absolute atomic E-state index is 0.00937. The van der Waals surface area contributed by atoms with Crippen LogP contribution in [-0.2, 0) is 9.47 Å². The summed E-state index contributed by atoms with van der Waals surface area (Å²) in [6, 6.07) is 0.234. The number of nitrogens with two attached hydrogens (primary N) is 1. The predicted molar refractivity (Wildman–Crippen MR) is 75.9 cm³/mol. The van der Waals surface area contributed by atoms with E-state index < -0.39 is 0 Å². The van der Waals surface area contributed by atoms with E-state index in [4.69, 9.17) is 15.2 Å². The van der Waals surface area contributed by atoms with E-state index in [1.165, 1.54) is 6.42 Å². The molecule has 3 unspecified atom stereocenters. The van der Waals surface area contributed by atoms with Crippen molar-refractivity contribution in [3.63, 3.8) is 0 Å². The van der Waals surface area contributed by atoms with Crippen LogP contribution in [0.5, 0.6) is 0 Å². The molecule has 0 amide bonds.